The Hall–Kier alpha value is -2.75. The van der Waals surface area contributed by atoms with Crippen LogP contribution in [0.3, 0.4) is 0 Å². The van der Waals surface area contributed by atoms with Gasteiger partial charge in [0.05, 0.1) is 24.1 Å². The summed E-state index contributed by atoms with van der Waals surface area (Å²) in [4.78, 5) is 26.6. The molecule has 0 spiro atoms. The van der Waals surface area contributed by atoms with Gasteiger partial charge in [-0.25, -0.2) is 8.42 Å². The number of rotatable bonds is 4. The van der Waals surface area contributed by atoms with Crippen molar-refractivity contribution < 1.29 is 22.7 Å². The Morgan fingerprint density at radius 2 is 1.87 bits per heavy atom. The van der Waals surface area contributed by atoms with E-state index in [9.17, 15) is 18.0 Å². The van der Waals surface area contributed by atoms with Crippen LogP contribution in [-0.4, -0.2) is 68.3 Å². The summed E-state index contributed by atoms with van der Waals surface area (Å²) in [5, 5.41) is 2.61. The number of nitrogens with zero attached hydrogens (tertiary/aromatic N) is 2. The summed E-state index contributed by atoms with van der Waals surface area (Å²) >= 11 is 0. The van der Waals surface area contributed by atoms with E-state index in [4.69, 9.17) is 4.74 Å². The minimum atomic E-state index is -3.87. The summed E-state index contributed by atoms with van der Waals surface area (Å²) in [6, 6.07) is 15.7. The Morgan fingerprint density at radius 3 is 2.61 bits per heavy atom. The van der Waals surface area contributed by atoms with Gasteiger partial charge >= 0.3 is 0 Å². The molecule has 1 N–H and O–H groups in total. The monoisotopic (exact) mass is 443 g/mol. The van der Waals surface area contributed by atoms with Crippen LogP contribution in [0.5, 0.6) is 0 Å². The number of piperazine rings is 1. The topological polar surface area (TPSA) is 96.0 Å². The van der Waals surface area contributed by atoms with Gasteiger partial charge in [-0.05, 0) is 30.7 Å². The largest absolute Gasteiger partial charge is 0.367 e. The van der Waals surface area contributed by atoms with Gasteiger partial charge in [-0.1, -0.05) is 36.4 Å². The lowest BCUT2D eigenvalue weighted by molar-refractivity contribution is -0.122. The molecule has 0 aliphatic carbocycles. The van der Waals surface area contributed by atoms with Crippen LogP contribution in [0, 0.1) is 0 Å². The molecular formula is C22H25N3O5S. The highest BCUT2D eigenvalue weighted by Crippen LogP contribution is 2.27. The molecule has 0 bridgehead atoms. The van der Waals surface area contributed by atoms with Crippen molar-refractivity contribution in [1.82, 2.24) is 14.5 Å². The van der Waals surface area contributed by atoms with Crippen molar-refractivity contribution in [1.29, 1.82) is 0 Å². The Bertz CT molecular complexity index is 1070. The molecule has 2 unspecified atom stereocenters. The predicted molar refractivity (Wildman–Crippen MR) is 114 cm³/mol. The van der Waals surface area contributed by atoms with Crippen molar-refractivity contribution in [3.8, 4) is 0 Å². The van der Waals surface area contributed by atoms with Crippen molar-refractivity contribution in [2.45, 2.75) is 24.0 Å². The Balaban J connectivity index is 1.56. The highest BCUT2D eigenvalue weighted by atomic mass is 32.2. The van der Waals surface area contributed by atoms with E-state index in [-0.39, 0.29) is 48.6 Å². The van der Waals surface area contributed by atoms with E-state index in [1.165, 1.54) is 12.1 Å². The Kier molecular flexibility index (Phi) is 6.08. The van der Waals surface area contributed by atoms with E-state index in [0.29, 0.717) is 18.7 Å². The average Bonchev–Trinajstić information content (AvgIpc) is 2.79. The van der Waals surface area contributed by atoms with Gasteiger partial charge in [0, 0.05) is 25.2 Å². The number of morpholine rings is 1. The third-order valence-electron chi connectivity index (χ3n) is 5.44. The van der Waals surface area contributed by atoms with Gasteiger partial charge in [0.15, 0.2) is 0 Å². The van der Waals surface area contributed by atoms with Crippen LogP contribution in [0.4, 0.5) is 0 Å². The highest BCUT2D eigenvalue weighted by Gasteiger charge is 2.32. The van der Waals surface area contributed by atoms with Crippen molar-refractivity contribution in [3.05, 3.63) is 65.7 Å². The van der Waals surface area contributed by atoms with Gasteiger partial charge in [-0.15, -0.1) is 0 Å². The zero-order valence-electron chi connectivity index (χ0n) is 17.2. The lowest BCUT2D eigenvalue weighted by Crippen LogP contribution is -2.49. The van der Waals surface area contributed by atoms with E-state index in [1.807, 2.05) is 37.3 Å². The molecule has 8 nitrogen and oxygen atoms in total. The van der Waals surface area contributed by atoms with Gasteiger partial charge in [0.25, 0.3) is 5.91 Å². The molecular weight excluding hydrogens is 418 g/mol. The second-order valence-electron chi connectivity index (χ2n) is 7.77. The normalized spacial score (nSPS) is 22.7. The molecule has 2 aromatic carbocycles. The number of hydrogen-bond acceptors (Lipinski definition) is 5. The molecule has 0 saturated carbocycles. The number of carbonyl (C=O) groups is 2. The first-order valence-corrected chi connectivity index (χ1v) is 11.6. The highest BCUT2D eigenvalue weighted by molar-refractivity contribution is 7.89. The molecule has 2 aromatic rings. The van der Waals surface area contributed by atoms with Gasteiger partial charge in [0.1, 0.15) is 6.10 Å². The summed E-state index contributed by atoms with van der Waals surface area (Å²) in [6.45, 7) is 2.97. The number of ether oxygens (including phenoxy) is 1. The lowest BCUT2D eigenvalue weighted by Gasteiger charge is -2.37. The van der Waals surface area contributed by atoms with E-state index < -0.39 is 10.0 Å². The van der Waals surface area contributed by atoms with Crippen molar-refractivity contribution in [2.24, 2.45) is 0 Å². The van der Waals surface area contributed by atoms with Gasteiger partial charge < -0.3 is 15.0 Å². The molecule has 2 saturated heterocycles. The summed E-state index contributed by atoms with van der Waals surface area (Å²) in [5.41, 5.74) is 1.29. The summed E-state index contributed by atoms with van der Waals surface area (Å²) in [5.74, 6) is -0.583. The Morgan fingerprint density at radius 1 is 1.10 bits per heavy atom. The molecule has 164 valence electrons. The fourth-order valence-corrected chi connectivity index (χ4v) is 5.35. The summed E-state index contributed by atoms with van der Waals surface area (Å²) < 4.78 is 33.1. The van der Waals surface area contributed by atoms with E-state index in [0.717, 1.165) is 9.87 Å². The van der Waals surface area contributed by atoms with Crippen LogP contribution in [-0.2, 0) is 19.6 Å². The van der Waals surface area contributed by atoms with Crippen molar-refractivity contribution >= 4 is 21.8 Å². The quantitative estimate of drug-likeness (QED) is 0.771. The third kappa shape index (κ3) is 4.63. The Labute approximate surface area is 181 Å². The average molecular weight is 444 g/mol. The maximum Gasteiger partial charge on any atom is 0.254 e. The van der Waals surface area contributed by atoms with Crippen LogP contribution in [0.1, 0.15) is 28.9 Å². The lowest BCUT2D eigenvalue weighted by atomic mass is 10.1. The van der Waals surface area contributed by atoms with E-state index in [2.05, 4.69) is 5.32 Å². The molecule has 2 fully saturated rings. The van der Waals surface area contributed by atoms with Crippen LogP contribution in [0.15, 0.2) is 59.5 Å². The van der Waals surface area contributed by atoms with E-state index in [1.54, 1.807) is 17.0 Å². The number of nitrogens with one attached hydrogen (secondary N) is 1. The second kappa shape index (κ2) is 8.78. The first-order chi connectivity index (χ1) is 14.8. The fourth-order valence-electron chi connectivity index (χ4n) is 3.91. The van der Waals surface area contributed by atoms with Crippen LogP contribution in [0.25, 0.3) is 0 Å². The van der Waals surface area contributed by atoms with Crippen LogP contribution < -0.4 is 5.32 Å². The number of hydrogen-bond donors (Lipinski definition) is 1. The predicted octanol–water partition coefficient (Wildman–Crippen LogP) is 1.41. The van der Waals surface area contributed by atoms with Gasteiger partial charge in [-0.3, -0.25) is 9.59 Å². The zero-order chi connectivity index (χ0) is 22.0. The number of carbonyl (C=O) groups excluding carboxylic acids is 2. The molecule has 0 aromatic heterocycles. The fraction of sp³-hybridized carbons (Fsp3) is 0.364. The zero-order valence-corrected chi connectivity index (χ0v) is 18.0. The van der Waals surface area contributed by atoms with Gasteiger partial charge in [-0.2, -0.15) is 4.31 Å². The van der Waals surface area contributed by atoms with Crippen molar-refractivity contribution in [3.63, 3.8) is 0 Å². The smallest absolute Gasteiger partial charge is 0.254 e. The molecule has 2 amide bonds. The molecule has 2 aliphatic heterocycles. The maximum atomic E-state index is 13.2. The first-order valence-electron chi connectivity index (χ1n) is 10.2. The van der Waals surface area contributed by atoms with E-state index >= 15 is 0 Å². The van der Waals surface area contributed by atoms with Crippen LogP contribution >= 0.6 is 0 Å². The molecule has 2 heterocycles. The summed E-state index contributed by atoms with van der Waals surface area (Å²) in [7, 11) is -3.87. The molecule has 4 rings (SSSR count). The molecule has 31 heavy (non-hydrogen) atoms. The second-order valence-corrected chi connectivity index (χ2v) is 9.71. The number of amides is 2. The van der Waals surface area contributed by atoms with Gasteiger partial charge in [0.2, 0.25) is 15.9 Å². The minimum absolute atomic E-state index is 0.00830. The molecule has 2 atom stereocenters. The third-order valence-corrected chi connectivity index (χ3v) is 7.28. The minimum Gasteiger partial charge on any atom is -0.367 e. The standard InChI is InChI=1S/C22H25N3O5S/c1-16-13-24(14-20(30-16)17-6-3-2-4-7-17)22(27)18-8-5-9-19(12-18)31(28,29)25-11-10-23-21(26)15-25/h2-9,12,16,20H,10-11,13-15H2,1H3,(H,23,26). The molecule has 2 aliphatic rings. The number of benzene rings is 2. The summed E-state index contributed by atoms with van der Waals surface area (Å²) in [6.07, 6.45) is -0.394. The van der Waals surface area contributed by atoms with Crippen molar-refractivity contribution in [2.75, 3.05) is 32.7 Å². The maximum absolute atomic E-state index is 13.2. The molecule has 9 heteroatoms. The number of sulfonamides is 1. The molecule has 0 radical (unpaired) electrons. The SMILES string of the molecule is CC1CN(C(=O)c2cccc(S(=O)(=O)N3CCNC(=O)C3)c2)CC(c2ccccc2)O1. The van der Waals surface area contributed by atoms with Crippen LogP contribution in [0.2, 0.25) is 0 Å². The first kappa shape index (κ1) is 21.5.